The highest BCUT2D eigenvalue weighted by molar-refractivity contribution is 5.97. The van der Waals surface area contributed by atoms with Crippen LogP contribution in [0.4, 0.5) is 4.79 Å². The maximum atomic E-state index is 13.7. The van der Waals surface area contributed by atoms with Crippen LogP contribution in [0.1, 0.15) is 51.0 Å². The summed E-state index contributed by atoms with van der Waals surface area (Å²) in [5.74, 6) is -1.15. The number of nitrogens with one attached hydrogen (secondary N) is 1. The number of aromatic nitrogens is 3. The summed E-state index contributed by atoms with van der Waals surface area (Å²) in [5.41, 5.74) is 1.22. The fourth-order valence-corrected chi connectivity index (χ4v) is 4.56. The Morgan fingerprint density at radius 3 is 2.31 bits per heavy atom. The first-order valence-electron chi connectivity index (χ1n) is 14.8. The minimum atomic E-state index is -1.06. The van der Waals surface area contributed by atoms with Crippen LogP contribution in [0.3, 0.4) is 0 Å². The van der Waals surface area contributed by atoms with Crippen molar-refractivity contribution >= 4 is 23.9 Å². The lowest BCUT2D eigenvalue weighted by atomic mass is 10.1. The third-order valence-electron chi connectivity index (χ3n) is 6.62. The zero-order valence-corrected chi connectivity index (χ0v) is 25.9. The molecule has 45 heavy (non-hydrogen) atoms. The van der Waals surface area contributed by atoms with Gasteiger partial charge in [-0.15, -0.1) is 5.06 Å². The topological polar surface area (TPSA) is 153 Å². The van der Waals surface area contributed by atoms with Crippen LogP contribution in [0.5, 0.6) is 0 Å². The van der Waals surface area contributed by atoms with E-state index in [1.807, 2.05) is 36.4 Å². The van der Waals surface area contributed by atoms with Crippen LogP contribution in [-0.4, -0.2) is 93.3 Å². The molecule has 0 radical (unpaired) electrons. The molecule has 1 N–H and O–H groups in total. The number of carbonyl (C=O) groups excluding carboxylic acids is 4. The molecule has 3 aromatic rings. The first-order valence-corrected chi connectivity index (χ1v) is 14.8. The highest BCUT2D eigenvalue weighted by Gasteiger charge is 2.31. The zero-order chi connectivity index (χ0) is 32.4. The molecule has 0 spiro atoms. The predicted octanol–water partition coefficient (Wildman–Crippen LogP) is 3.66. The molecule has 1 aliphatic rings. The number of hydrogen-bond acceptors (Lipinski definition) is 11. The van der Waals surface area contributed by atoms with Gasteiger partial charge in [0.25, 0.3) is 5.91 Å². The van der Waals surface area contributed by atoms with Gasteiger partial charge in [-0.25, -0.2) is 14.8 Å². The molecule has 1 aliphatic heterocycles. The molecule has 2 aromatic heterocycles. The van der Waals surface area contributed by atoms with E-state index in [-0.39, 0.29) is 57.2 Å². The molecule has 2 amide bonds. The highest BCUT2D eigenvalue weighted by atomic mass is 16.8. The molecule has 0 saturated carbocycles. The second-order valence-electron chi connectivity index (χ2n) is 11.2. The average molecular weight is 619 g/mol. The summed E-state index contributed by atoms with van der Waals surface area (Å²) < 4.78 is 10.2. The van der Waals surface area contributed by atoms with E-state index in [0.29, 0.717) is 22.6 Å². The number of hydrogen-bond donors (Lipinski definition) is 1. The van der Waals surface area contributed by atoms with Crippen molar-refractivity contribution < 1.29 is 33.5 Å². The monoisotopic (exact) mass is 618 g/mol. The van der Waals surface area contributed by atoms with Crippen molar-refractivity contribution in [3.8, 4) is 22.6 Å². The molecule has 1 saturated heterocycles. The van der Waals surface area contributed by atoms with Crippen LogP contribution in [-0.2, 0) is 23.9 Å². The number of esters is 1. The molecule has 13 nitrogen and oxygen atoms in total. The summed E-state index contributed by atoms with van der Waals surface area (Å²) in [5, 5.41) is 4.22. The van der Waals surface area contributed by atoms with E-state index in [1.54, 1.807) is 57.1 Å². The van der Waals surface area contributed by atoms with Crippen LogP contribution in [0.2, 0.25) is 0 Å². The van der Waals surface area contributed by atoms with Crippen molar-refractivity contribution in [2.24, 2.45) is 0 Å². The first kappa shape index (κ1) is 33.0. The summed E-state index contributed by atoms with van der Waals surface area (Å²) in [6.45, 7) is 8.08. The van der Waals surface area contributed by atoms with Crippen LogP contribution < -0.4 is 5.32 Å². The van der Waals surface area contributed by atoms with Gasteiger partial charge in [-0.3, -0.25) is 19.4 Å². The maximum Gasteiger partial charge on any atom is 0.527 e. The summed E-state index contributed by atoms with van der Waals surface area (Å²) in [4.78, 5) is 71.8. The van der Waals surface area contributed by atoms with Crippen molar-refractivity contribution in [3.05, 3.63) is 66.6 Å². The Kier molecular flexibility index (Phi) is 11.1. The Balaban J connectivity index is 1.56. The van der Waals surface area contributed by atoms with E-state index in [4.69, 9.17) is 14.3 Å². The standard InChI is InChI=1S/C32H38N6O7/c1-5-43-31(42)45-38-18-16-37(17-19-38)30(41)24(13-14-27(39)44-32(2,3)4)36-29(40)26-20-25(23-12-9-15-33-21-23)34-28(35-26)22-10-7-6-8-11-22/h6-12,15,20-21,24H,5,13-14,16-19H2,1-4H3,(H,36,40)/t24-/m0/s1. The van der Waals surface area contributed by atoms with Crippen LogP contribution >= 0.6 is 0 Å². The molecule has 13 heteroatoms. The van der Waals surface area contributed by atoms with Crippen molar-refractivity contribution in [1.29, 1.82) is 0 Å². The SMILES string of the molecule is CCOC(=O)ON1CCN(C(=O)[C@H](CCC(=O)OC(C)(C)C)NC(=O)c2cc(-c3cccnc3)nc(-c3ccccc3)n2)CC1. The van der Waals surface area contributed by atoms with Gasteiger partial charge in [0, 0.05) is 43.0 Å². The number of piperazine rings is 1. The highest BCUT2D eigenvalue weighted by Crippen LogP contribution is 2.22. The Morgan fingerprint density at radius 2 is 1.67 bits per heavy atom. The van der Waals surface area contributed by atoms with Gasteiger partial charge >= 0.3 is 12.1 Å². The van der Waals surface area contributed by atoms with Crippen molar-refractivity contribution in [2.75, 3.05) is 32.8 Å². The average Bonchev–Trinajstić information content (AvgIpc) is 3.03. The number of amides is 2. The second-order valence-corrected chi connectivity index (χ2v) is 11.2. The van der Waals surface area contributed by atoms with E-state index in [1.165, 1.54) is 5.06 Å². The van der Waals surface area contributed by atoms with Crippen molar-refractivity contribution in [1.82, 2.24) is 30.2 Å². The maximum absolute atomic E-state index is 13.7. The third kappa shape index (κ3) is 9.80. The normalized spacial score (nSPS) is 14.3. The minimum Gasteiger partial charge on any atom is -0.460 e. The molecule has 0 unspecified atom stereocenters. The molecule has 238 valence electrons. The fourth-order valence-electron chi connectivity index (χ4n) is 4.56. The number of carbonyl (C=O) groups is 4. The summed E-state index contributed by atoms with van der Waals surface area (Å²) in [7, 11) is 0. The third-order valence-corrected chi connectivity index (χ3v) is 6.62. The molecule has 1 atom stereocenters. The molecule has 0 aliphatic carbocycles. The zero-order valence-electron chi connectivity index (χ0n) is 25.9. The molecule has 1 aromatic carbocycles. The largest absolute Gasteiger partial charge is 0.527 e. The van der Waals surface area contributed by atoms with Gasteiger partial charge in [0.1, 0.15) is 17.3 Å². The first-order chi connectivity index (χ1) is 21.5. The van der Waals surface area contributed by atoms with Crippen LogP contribution in [0, 0.1) is 0 Å². The Morgan fingerprint density at radius 1 is 0.956 bits per heavy atom. The van der Waals surface area contributed by atoms with E-state index in [2.05, 4.69) is 20.3 Å². The Labute approximate surface area is 261 Å². The fraction of sp³-hybridized carbons (Fsp3) is 0.406. The Bertz CT molecular complexity index is 1410. The number of nitrogens with zero attached hydrogens (tertiary/aromatic N) is 5. The molecule has 4 rings (SSSR count). The van der Waals surface area contributed by atoms with E-state index in [9.17, 15) is 19.2 Å². The van der Waals surface area contributed by atoms with Crippen LogP contribution in [0.25, 0.3) is 22.6 Å². The van der Waals surface area contributed by atoms with Gasteiger partial charge in [-0.2, -0.15) is 0 Å². The number of ether oxygens (including phenoxy) is 2. The molecule has 0 bridgehead atoms. The van der Waals surface area contributed by atoms with Gasteiger partial charge in [0.05, 0.1) is 25.4 Å². The second kappa shape index (κ2) is 15.2. The predicted molar refractivity (Wildman–Crippen MR) is 163 cm³/mol. The van der Waals surface area contributed by atoms with Crippen LogP contribution in [0.15, 0.2) is 60.9 Å². The lowest BCUT2D eigenvalue weighted by molar-refractivity contribution is -0.158. The number of rotatable bonds is 10. The number of benzene rings is 1. The number of hydroxylamine groups is 2. The van der Waals surface area contributed by atoms with Gasteiger partial charge in [0.15, 0.2) is 5.82 Å². The lowest BCUT2D eigenvalue weighted by Gasteiger charge is -2.35. The van der Waals surface area contributed by atoms with E-state index in [0.717, 1.165) is 0 Å². The molecule has 3 heterocycles. The van der Waals surface area contributed by atoms with Crippen molar-refractivity contribution in [3.63, 3.8) is 0 Å². The van der Waals surface area contributed by atoms with Gasteiger partial charge in [0.2, 0.25) is 5.91 Å². The van der Waals surface area contributed by atoms with Crippen molar-refractivity contribution in [2.45, 2.75) is 52.2 Å². The summed E-state index contributed by atoms with van der Waals surface area (Å²) in [6.07, 6.45) is 2.37. The number of pyridine rings is 1. The molecular formula is C32H38N6O7. The van der Waals surface area contributed by atoms with Gasteiger partial charge < -0.3 is 24.5 Å². The summed E-state index contributed by atoms with van der Waals surface area (Å²) >= 11 is 0. The van der Waals surface area contributed by atoms with Gasteiger partial charge in [-0.1, -0.05) is 30.3 Å². The smallest absolute Gasteiger partial charge is 0.460 e. The quantitative estimate of drug-likeness (QED) is 0.331. The summed E-state index contributed by atoms with van der Waals surface area (Å²) in [6, 6.07) is 13.3. The molecule has 1 fully saturated rings. The van der Waals surface area contributed by atoms with E-state index < -0.39 is 29.7 Å². The molecular weight excluding hydrogens is 580 g/mol. The van der Waals surface area contributed by atoms with E-state index >= 15 is 0 Å². The Hall–Kier alpha value is -4.91. The minimum absolute atomic E-state index is 0.00507. The van der Waals surface area contributed by atoms with Gasteiger partial charge in [-0.05, 0) is 52.3 Å². The lowest BCUT2D eigenvalue weighted by Crippen LogP contribution is -2.55.